The van der Waals surface area contributed by atoms with Crippen LogP contribution in [0.3, 0.4) is 0 Å². The summed E-state index contributed by atoms with van der Waals surface area (Å²) in [4.78, 5) is 41.9. The third-order valence-corrected chi connectivity index (χ3v) is 8.20. The van der Waals surface area contributed by atoms with Crippen molar-refractivity contribution in [3.8, 4) is 5.75 Å². The molecule has 6 rings (SSSR count). The number of ether oxygens (including phenoxy) is 1. The maximum absolute atomic E-state index is 14.2. The molecule has 0 spiro atoms. The number of nitro benzene ring substituents is 1. The van der Waals surface area contributed by atoms with Crippen LogP contribution >= 0.6 is 0 Å². The van der Waals surface area contributed by atoms with Gasteiger partial charge in [0, 0.05) is 25.2 Å². The first kappa shape index (κ1) is 31.0. The molecule has 1 aliphatic rings. The lowest BCUT2D eigenvalue weighted by Gasteiger charge is -2.46. The highest BCUT2D eigenvalue weighted by Gasteiger charge is 2.39. The Bertz CT molecular complexity index is 1850. The Morgan fingerprint density at radius 2 is 1.38 bits per heavy atom. The molecule has 236 valence electrons. The topological polar surface area (TPSA) is 105 Å². The molecule has 0 fully saturated rings. The Morgan fingerprint density at radius 3 is 1.98 bits per heavy atom. The van der Waals surface area contributed by atoms with Crippen LogP contribution in [0.15, 0.2) is 133 Å². The van der Waals surface area contributed by atoms with E-state index in [0.717, 1.165) is 22.3 Å². The summed E-state index contributed by atoms with van der Waals surface area (Å²) in [5.74, 6) is -0.0258. The van der Waals surface area contributed by atoms with E-state index in [1.54, 1.807) is 23.1 Å². The maximum Gasteiger partial charge on any atom is 0.270 e. The minimum absolute atomic E-state index is 0.140. The van der Waals surface area contributed by atoms with Gasteiger partial charge in [-0.3, -0.25) is 19.7 Å². The SMILES string of the molecule is C[C@H](NC(=O)COc1ccc([C@@H]2N(Cc3ccccc3)C(=O)c3cc([N+](=O)[O-])ccc3N2Cc2ccccc2)cc1)c1ccccc1. The summed E-state index contributed by atoms with van der Waals surface area (Å²) in [5.41, 5.74) is 4.52. The Morgan fingerprint density at radius 1 is 0.809 bits per heavy atom. The number of hydrogen-bond acceptors (Lipinski definition) is 6. The van der Waals surface area contributed by atoms with Gasteiger partial charge in [0.25, 0.3) is 17.5 Å². The summed E-state index contributed by atoms with van der Waals surface area (Å²) in [6.45, 7) is 2.51. The van der Waals surface area contributed by atoms with Gasteiger partial charge in [-0.15, -0.1) is 0 Å². The van der Waals surface area contributed by atoms with E-state index >= 15 is 0 Å². The first-order valence-corrected chi connectivity index (χ1v) is 15.4. The Hall–Kier alpha value is -5.96. The van der Waals surface area contributed by atoms with Crippen molar-refractivity contribution in [3.63, 3.8) is 0 Å². The third kappa shape index (κ3) is 7.15. The fourth-order valence-corrected chi connectivity index (χ4v) is 5.87. The van der Waals surface area contributed by atoms with Crippen molar-refractivity contribution in [1.82, 2.24) is 10.2 Å². The smallest absolute Gasteiger partial charge is 0.270 e. The van der Waals surface area contributed by atoms with Gasteiger partial charge >= 0.3 is 0 Å². The predicted molar refractivity (Wildman–Crippen MR) is 180 cm³/mol. The van der Waals surface area contributed by atoms with Crippen LogP contribution in [0.1, 0.15) is 51.7 Å². The summed E-state index contributed by atoms with van der Waals surface area (Å²) < 4.78 is 5.83. The molecule has 9 heteroatoms. The van der Waals surface area contributed by atoms with Crippen molar-refractivity contribution in [1.29, 1.82) is 0 Å². The van der Waals surface area contributed by atoms with Gasteiger partial charge in [0.05, 0.1) is 22.2 Å². The average Bonchev–Trinajstić information content (AvgIpc) is 3.10. The minimum atomic E-state index is -0.541. The van der Waals surface area contributed by atoms with Gasteiger partial charge in [0.2, 0.25) is 0 Å². The van der Waals surface area contributed by atoms with E-state index in [4.69, 9.17) is 4.74 Å². The van der Waals surface area contributed by atoms with Crippen LogP contribution in [0.2, 0.25) is 0 Å². The number of amides is 2. The number of nitrogens with zero attached hydrogens (tertiary/aromatic N) is 3. The molecule has 2 atom stereocenters. The van der Waals surface area contributed by atoms with E-state index in [1.165, 1.54) is 12.1 Å². The number of nitro groups is 1. The highest BCUT2D eigenvalue weighted by Crippen LogP contribution is 2.42. The van der Waals surface area contributed by atoms with Crippen LogP contribution in [0.25, 0.3) is 0 Å². The molecule has 0 unspecified atom stereocenters. The Balaban J connectivity index is 1.31. The molecule has 0 radical (unpaired) electrons. The van der Waals surface area contributed by atoms with Gasteiger partial charge in [-0.25, -0.2) is 0 Å². The number of rotatable bonds is 11. The summed E-state index contributed by atoms with van der Waals surface area (Å²) in [6, 6.07) is 40.9. The molecule has 1 heterocycles. The van der Waals surface area contributed by atoms with Crippen LogP contribution in [0.5, 0.6) is 5.75 Å². The average molecular weight is 627 g/mol. The number of anilines is 1. The molecule has 0 aromatic heterocycles. The Kier molecular flexibility index (Phi) is 9.24. The second kappa shape index (κ2) is 14.0. The summed E-state index contributed by atoms with van der Waals surface area (Å²) in [5, 5.41) is 14.7. The molecular formula is C38H34N4O5. The molecule has 47 heavy (non-hydrogen) atoms. The summed E-state index contributed by atoms with van der Waals surface area (Å²) >= 11 is 0. The number of non-ortho nitro benzene ring substituents is 1. The second-order valence-corrected chi connectivity index (χ2v) is 11.4. The molecule has 5 aromatic carbocycles. The first-order valence-electron chi connectivity index (χ1n) is 15.4. The van der Waals surface area contributed by atoms with Gasteiger partial charge in [-0.1, -0.05) is 103 Å². The number of benzene rings is 5. The van der Waals surface area contributed by atoms with E-state index < -0.39 is 11.1 Å². The number of hydrogen-bond donors (Lipinski definition) is 1. The molecule has 0 saturated carbocycles. The zero-order chi connectivity index (χ0) is 32.8. The first-order chi connectivity index (χ1) is 22.9. The minimum Gasteiger partial charge on any atom is -0.484 e. The molecule has 0 aliphatic carbocycles. The van der Waals surface area contributed by atoms with Crippen LogP contribution in [-0.4, -0.2) is 28.2 Å². The number of nitrogens with one attached hydrogen (secondary N) is 1. The van der Waals surface area contributed by atoms with Gasteiger partial charge in [0.1, 0.15) is 11.9 Å². The highest BCUT2D eigenvalue weighted by atomic mass is 16.6. The lowest BCUT2D eigenvalue weighted by Crippen LogP contribution is -2.48. The van der Waals surface area contributed by atoms with Gasteiger partial charge in [-0.05, 0) is 47.4 Å². The van der Waals surface area contributed by atoms with Crippen molar-refractivity contribution in [2.75, 3.05) is 11.5 Å². The maximum atomic E-state index is 14.2. The Labute approximate surface area is 273 Å². The summed E-state index contributed by atoms with van der Waals surface area (Å²) in [6.07, 6.45) is -0.541. The van der Waals surface area contributed by atoms with Crippen molar-refractivity contribution in [2.45, 2.75) is 32.2 Å². The van der Waals surface area contributed by atoms with E-state index in [0.29, 0.717) is 18.0 Å². The van der Waals surface area contributed by atoms with E-state index in [9.17, 15) is 19.7 Å². The van der Waals surface area contributed by atoms with Crippen molar-refractivity contribution < 1.29 is 19.2 Å². The number of fused-ring (bicyclic) bond motifs is 1. The molecule has 1 N–H and O–H groups in total. The zero-order valence-electron chi connectivity index (χ0n) is 25.9. The normalized spacial score (nSPS) is 14.7. The third-order valence-electron chi connectivity index (χ3n) is 8.20. The second-order valence-electron chi connectivity index (χ2n) is 11.4. The lowest BCUT2D eigenvalue weighted by molar-refractivity contribution is -0.384. The van der Waals surface area contributed by atoms with Crippen LogP contribution in [0.4, 0.5) is 11.4 Å². The molecular weight excluding hydrogens is 592 g/mol. The standard InChI is InChI=1S/C38H34N4O5/c1-27(30-15-9-4-10-16-30)39-36(43)26-47-33-20-17-31(18-21-33)37-40(24-28-11-5-2-6-12-28)35-22-19-32(42(45)46)23-34(35)38(44)41(37)25-29-13-7-3-8-14-29/h2-23,27,37H,24-26H2,1H3,(H,39,43)/t27-,37-/m0/s1. The predicted octanol–water partition coefficient (Wildman–Crippen LogP) is 7.21. The van der Waals surface area contributed by atoms with E-state index in [-0.39, 0.29) is 42.3 Å². The van der Waals surface area contributed by atoms with Crippen LogP contribution < -0.4 is 15.0 Å². The summed E-state index contributed by atoms with van der Waals surface area (Å²) in [7, 11) is 0. The molecule has 2 amide bonds. The van der Waals surface area contributed by atoms with Gasteiger partial charge in [-0.2, -0.15) is 0 Å². The molecule has 1 aliphatic heterocycles. The van der Waals surface area contributed by atoms with Crippen LogP contribution in [-0.2, 0) is 17.9 Å². The molecule has 9 nitrogen and oxygen atoms in total. The van der Waals surface area contributed by atoms with Crippen molar-refractivity contribution in [3.05, 3.63) is 171 Å². The van der Waals surface area contributed by atoms with Gasteiger partial charge < -0.3 is 19.9 Å². The zero-order valence-corrected chi connectivity index (χ0v) is 25.9. The monoisotopic (exact) mass is 626 g/mol. The molecule has 0 saturated heterocycles. The highest BCUT2D eigenvalue weighted by molar-refractivity contribution is 6.02. The van der Waals surface area contributed by atoms with Gasteiger partial charge in [0.15, 0.2) is 6.61 Å². The fraction of sp³-hybridized carbons (Fsp3) is 0.158. The van der Waals surface area contributed by atoms with E-state index in [2.05, 4.69) is 10.2 Å². The number of carbonyl (C=O) groups is 2. The molecule has 5 aromatic rings. The lowest BCUT2D eigenvalue weighted by atomic mass is 9.98. The molecule has 0 bridgehead atoms. The largest absolute Gasteiger partial charge is 0.484 e. The van der Waals surface area contributed by atoms with Crippen LogP contribution in [0, 0.1) is 10.1 Å². The van der Waals surface area contributed by atoms with E-state index in [1.807, 2.05) is 110 Å². The fourth-order valence-electron chi connectivity index (χ4n) is 5.87. The van der Waals surface area contributed by atoms with Crippen molar-refractivity contribution in [2.24, 2.45) is 0 Å². The quantitative estimate of drug-likeness (QED) is 0.123. The number of carbonyl (C=O) groups excluding carboxylic acids is 2. The van der Waals surface area contributed by atoms with Crippen molar-refractivity contribution >= 4 is 23.2 Å².